The fourth-order valence-electron chi connectivity index (χ4n) is 3.46. The van der Waals surface area contributed by atoms with Gasteiger partial charge < -0.3 is 10.2 Å². The molecule has 20 heavy (non-hydrogen) atoms. The Morgan fingerprint density at radius 2 is 2.00 bits per heavy atom. The number of halogens is 2. The molecule has 3 nitrogen and oxygen atoms in total. The number of piperidine rings is 2. The van der Waals surface area contributed by atoms with Crippen LogP contribution in [0.2, 0.25) is 5.02 Å². The van der Waals surface area contributed by atoms with Crippen LogP contribution in [-0.4, -0.2) is 24.5 Å². The molecule has 2 aliphatic heterocycles. The van der Waals surface area contributed by atoms with E-state index in [9.17, 15) is 9.18 Å². The average Bonchev–Trinajstić information content (AvgIpc) is 2.43. The third-order valence-electron chi connectivity index (χ3n) is 4.45. The van der Waals surface area contributed by atoms with Crippen molar-refractivity contribution in [2.75, 3.05) is 18.0 Å². The molecule has 2 saturated heterocycles. The largest absolute Gasteiger partial charge is 0.317 e. The standard InChI is InChI=1S/C15H18ClFN2O/c16-12-4-3-11(10-13(12)17)19-14(20)2-1-5-15(19)6-8-18-9-7-15/h3-4,10,18H,1-2,5-9H2. The Morgan fingerprint density at radius 3 is 2.70 bits per heavy atom. The van der Waals surface area contributed by atoms with Crippen molar-refractivity contribution in [2.24, 2.45) is 0 Å². The number of amides is 1. The van der Waals surface area contributed by atoms with Crippen LogP contribution in [0.1, 0.15) is 32.1 Å². The van der Waals surface area contributed by atoms with Crippen LogP contribution < -0.4 is 10.2 Å². The van der Waals surface area contributed by atoms with Gasteiger partial charge in [-0.2, -0.15) is 0 Å². The lowest BCUT2D eigenvalue weighted by molar-refractivity contribution is -0.121. The Morgan fingerprint density at radius 1 is 1.25 bits per heavy atom. The number of carbonyl (C=O) groups is 1. The summed E-state index contributed by atoms with van der Waals surface area (Å²) in [5.74, 6) is -0.369. The topological polar surface area (TPSA) is 32.3 Å². The highest BCUT2D eigenvalue weighted by Gasteiger charge is 2.43. The summed E-state index contributed by atoms with van der Waals surface area (Å²) in [4.78, 5) is 14.2. The molecule has 0 radical (unpaired) electrons. The number of nitrogens with zero attached hydrogens (tertiary/aromatic N) is 1. The summed E-state index contributed by atoms with van der Waals surface area (Å²) in [6.07, 6.45) is 4.29. The van der Waals surface area contributed by atoms with Crippen molar-refractivity contribution in [2.45, 2.75) is 37.6 Å². The van der Waals surface area contributed by atoms with Gasteiger partial charge in [0.05, 0.1) is 10.6 Å². The van der Waals surface area contributed by atoms with Crippen LogP contribution in [0, 0.1) is 5.82 Å². The Kier molecular flexibility index (Phi) is 3.69. The zero-order valence-corrected chi connectivity index (χ0v) is 12.0. The predicted octanol–water partition coefficient (Wildman–Crippen LogP) is 3.12. The molecular weight excluding hydrogens is 279 g/mol. The molecule has 0 aromatic heterocycles. The minimum Gasteiger partial charge on any atom is -0.317 e. The van der Waals surface area contributed by atoms with Crippen molar-refractivity contribution >= 4 is 23.2 Å². The molecule has 0 saturated carbocycles. The van der Waals surface area contributed by atoms with E-state index in [-0.39, 0.29) is 16.5 Å². The Balaban J connectivity index is 2.01. The first-order valence-corrected chi connectivity index (χ1v) is 7.49. The molecule has 3 rings (SSSR count). The van der Waals surface area contributed by atoms with Gasteiger partial charge in [-0.05, 0) is 57.0 Å². The second-order valence-corrected chi connectivity index (χ2v) is 6.06. The molecule has 1 spiro atoms. The summed E-state index contributed by atoms with van der Waals surface area (Å²) in [5.41, 5.74) is 0.486. The van der Waals surface area contributed by atoms with Gasteiger partial charge in [-0.15, -0.1) is 0 Å². The van der Waals surface area contributed by atoms with Gasteiger partial charge in [0.25, 0.3) is 0 Å². The van der Waals surface area contributed by atoms with Gasteiger partial charge in [0.15, 0.2) is 0 Å². The van der Waals surface area contributed by atoms with E-state index in [0.29, 0.717) is 12.1 Å². The van der Waals surface area contributed by atoms with E-state index in [1.807, 2.05) is 4.90 Å². The molecule has 0 bridgehead atoms. The summed E-state index contributed by atoms with van der Waals surface area (Å²) < 4.78 is 13.7. The molecule has 2 fully saturated rings. The van der Waals surface area contributed by atoms with Gasteiger partial charge in [0.2, 0.25) is 5.91 Å². The number of benzene rings is 1. The summed E-state index contributed by atoms with van der Waals surface area (Å²) >= 11 is 5.74. The fraction of sp³-hybridized carbons (Fsp3) is 0.533. The third kappa shape index (κ3) is 2.31. The zero-order valence-electron chi connectivity index (χ0n) is 11.3. The molecule has 2 heterocycles. The fourth-order valence-corrected chi connectivity index (χ4v) is 3.58. The highest BCUT2D eigenvalue weighted by molar-refractivity contribution is 6.30. The number of hydrogen-bond donors (Lipinski definition) is 1. The van der Waals surface area contributed by atoms with E-state index in [0.717, 1.165) is 38.8 Å². The van der Waals surface area contributed by atoms with Crippen LogP contribution in [0.4, 0.5) is 10.1 Å². The van der Waals surface area contributed by atoms with E-state index in [2.05, 4.69) is 5.32 Å². The maximum atomic E-state index is 13.7. The van der Waals surface area contributed by atoms with Crippen molar-refractivity contribution in [3.8, 4) is 0 Å². The van der Waals surface area contributed by atoms with Crippen LogP contribution in [0.5, 0.6) is 0 Å². The van der Waals surface area contributed by atoms with Gasteiger partial charge in [0.1, 0.15) is 5.82 Å². The van der Waals surface area contributed by atoms with E-state index in [1.54, 1.807) is 6.07 Å². The smallest absolute Gasteiger partial charge is 0.227 e. The second-order valence-electron chi connectivity index (χ2n) is 5.66. The van der Waals surface area contributed by atoms with Crippen molar-refractivity contribution in [1.29, 1.82) is 0 Å². The summed E-state index contributed by atoms with van der Waals surface area (Å²) in [6.45, 7) is 1.81. The molecule has 0 atom stereocenters. The lowest BCUT2D eigenvalue weighted by Crippen LogP contribution is -2.59. The third-order valence-corrected chi connectivity index (χ3v) is 4.76. The van der Waals surface area contributed by atoms with Crippen LogP contribution in [0.3, 0.4) is 0 Å². The summed E-state index contributed by atoms with van der Waals surface area (Å²) in [6, 6.07) is 4.66. The van der Waals surface area contributed by atoms with Gasteiger partial charge in [0, 0.05) is 12.1 Å². The number of carbonyl (C=O) groups excluding carboxylic acids is 1. The molecule has 108 valence electrons. The minimum absolute atomic E-state index is 0.0950. The van der Waals surface area contributed by atoms with Gasteiger partial charge >= 0.3 is 0 Å². The molecule has 5 heteroatoms. The predicted molar refractivity (Wildman–Crippen MR) is 77.6 cm³/mol. The van der Waals surface area contributed by atoms with E-state index in [4.69, 9.17) is 11.6 Å². The number of anilines is 1. The van der Waals surface area contributed by atoms with E-state index in [1.165, 1.54) is 12.1 Å². The number of nitrogens with one attached hydrogen (secondary N) is 1. The van der Waals surface area contributed by atoms with Crippen molar-refractivity contribution < 1.29 is 9.18 Å². The molecule has 1 aromatic carbocycles. The Bertz CT molecular complexity index is 523. The molecule has 1 N–H and O–H groups in total. The minimum atomic E-state index is -0.466. The Labute approximate surface area is 123 Å². The van der Waals surface area contributed by atoms with Crippen molar-refractivity contribution in [3.05, 3.63) is 29.0 Å². The quantitative estimate of drug-likeness (QED) is 0.863. The van der Waals surface area contributed by atoms with Crippen LogP contribution >= 0.6 is 11.6 Å². The zero-order chi connectivity index (χ0) is 14.2. The molecule has 0 aliphatic carbocycles. The lowest BCUT2D eigenvalue weighted by Gasteiger charge is -2.49. The average molecular weight is 297 g/mol. The first-order chi connectivity index (χ1) is 9.62. The van der Waals surface area contributed by atoms with Gasteiger partial charge in [-0.3, -0.25) is 4.79 Å². The first kappa shape index (κ1) is 13.8. The SMILES string of the molecule is O=C1CCCC2(CCNCC2)N1c1ccc(Cl)c(F)c1. The normalized spacial score (nSPS) is 22.3. The summed E-state index contributed by atoms with van der Waals surface area (Å²) in [5, 5.41) is 3.43. The first-order valence-electron chi connectivity index (χ1n) is 7.11. The van der Waals surface area contributed by atoms with Crippen molar-refractivity contribution in [3.63, 3.8) is 0 Å². The maximum absolute atomic E-state index is 13.7. The highest BCUT2D eigenvalue weighted by Crippen LogP contribution is 2.40. The molecule has 1 amide bonds. The summed E-state index contributed by atoms with van der Waals surface area (Å²) in [7, 11) is 0. The van der Waals surface area contributed by atoms with Crippen LogP contribution in [0.15, 0.2) is 18.2 Å². The maximum Gasteiger partial charge on any atom is 0.227 e. The molecule has 1 aromatic rings. The monoisotopic (exact) mass is 296 g/mol. The van der Waals surface area contributed by atoms with Gasteiger partial charge in [-0.25, -0.2) is 4.39 Å². The molecular formula is C15H18ClFN2O. The lowest BCUT2D eigenvalue weighted by atomic mass is 9.78. The van der Waals surface area contributed by atoms with Crippen LogP contribution in [0.25, 0.3) is 0 Å². The molecule has 2 aliphatic rings. The van der Waals surface area contributed by atoms with Gasteiger partial charge in [-0.1, -0.05) is 11.6 Å². The van der Waals surface area contributed by atoms with E-state index < -0.39 is 5.82 Å². The second kappa shape index (κ2) is 5.34. The highest BCUT2D eigenvalue weighted by atomic mass is 35.5. The Hall–Kier alpha value is -1.13. The van der Waals surface area contributed by atoms with Crippen molar-refractivity contribution in [1.82, 2.24) is 5.32 Å². The van der Waals surface area contributed by atoms with Crippen LogP contribution in [-0.2, 0) is 4.79 Å². The number of hydrogen-bond acceptors (Lipinski definition) is 2. The van der Waals surface area contributed by atoms with E-state index >= 15 is 0 Å². The number of rotatable bonds is 1. The molecule has 0 unspecified atom stereocenters.